The summed E-state index contributed by atoms with van der Waals surface area (Å²) in [4.78, 5) is 8.25. The zero-order valence-electron chi connectivity index (χ0n) is 10.9. The van der Waals surface area contributed by atoms with Crippen molar-refractivity contribution in [2.24, 2.45) is 0 Å². The molecule has 0 amide bonds. The summed E-state index contributed by atoms with van der Waals surface area (Å²) in [7, 11) is 0. The summed E-state index contributed by atoms with van der Waals surface area (Å²) in [5, 5.41) is 14.7. The standard InChI is InChI=1S/C13H18N4O/c1-10(2)17-12(15-9-16-17)7-13(3,18)11-5-4-6-14-8-11/h4-6,8-10,18H,7H2,1-3H3. The lowest BCUT2D eigenvalue weighted by Gasteiger charge is -2.23. The molecule has 2 aromatic rings. The third-order valence-corrected chi connectivity index (χ3v) is 2.92. The molecule has 1 atom stereocenters. The first-order valence-corrected chi connectivity index (χ1v) is 6.02. The van der Waals surface area contributed by atoms with Crippen molar-refractivity contribution in [1.82, 2.24) is 19.7 Å². The van der Waals surface area contributed by atoms with Crippen molar-refractivity contribution in [1.29, 1.82) is 0 Å². The van der Waals surface area contributed by atoms with Crippen LogP contribution in [-0.4, -0.2) is 24.9 Å². The van der Waals surface area contributed by atoms with Crippen LogP contribution in [0.1, 0.15) is 38.2 Å². The van der Waals surface area contributed by atoms with Crippen molar-refractivity contribution in [3.05, 3.63) is 42.2 Å². The Morgan fingerprint density at radius 1 is 1.44 bits per heavy atom. The molecule has 0 bridgehead atoms. The van der Waals surface area contributed by atoms with Crippen molar-refractivity contribution in [3.63, 3.8) is 0 Å². The van der Waals surface area contributed by atoms with Crippen LogP contribution in [0.15, 0.2) is 30.9 Å². The Morgan fingerprint density at radius 2 is 2.22 bits per heavy atom. The van der Waals surface area contributed by atoms with E-state index in [-0.39, 0.29) is 6.04 Å². The van der Waals surface area contributed by atoms with Gasteiger partial charge in [0.05, 0.1) is 5.60 Å². The van der Waals surface area contributed by atoms with Crippen molar-refractivity contribution in [2.75, 3.05) is 0 Å². The Morgan fingerprint density at radius 3 is 2.83 bits per heavy atom. The molecule has 0 saturated heterocycles. The highest BCUT2D eigenvalue weighted by Crippen LogP contribution is 2.24. The second-order valence-electron chi connectivity index (χ2n) is 4.91. The van der Waals surface area contributed by atoms with E-state index in [1.165, 1.54) is 6.33 Å². The van der Waals surface area contributed by atoms with Gasteiger partial charge in [-0.25, -0.2) is 9.67 Å². The number of pyridine rings is 1. The summed E-state index contributed by atoms with van der Waals surface area (Å²) in [6, 6.07) is 3.91. The van der Waals surface area contributed by atoms with Gasteiger partial charge < -0.3 is 5.11 Å². The lowest BCUT2D eigenvalue weighted by Crippen LogP contribution is -2.27. The third kappa shape index (κ3) is 2.56. The van der Waals surface area contributed by atoms with Crippen LogP contribution in [0.4, 0.5) is 0 Å². The van der Waals surface area contributed by atoms with Gasteiger partial charge in [-0.15, -0.1) is 0 Å². The quantitative estimate of drug-likeness (QED) is 0.892. The first-order chi connectivity index (χ1) is 8.50. The summed E-state index contributed by atoms with van der Waals surface area (Å²) in [5.41, 5.74) is -0.211. The van der Waals surface area contributed by atoms with Crippen molar-refractivity contribution >= 4 is 0 Å². The predicted molar refractivity (Wildman–Crippen MR) is 67.9 cm³/mol. The molecule has 0 aliphatic rings. The van der Waals surface area contributed by atoms with Crippen LogP contribution in [0.3, 0.4) is 0 Å². The second kappa shape index (κ2) is 4.86. The smallest absolute Gasteiger partial charge is 0.138 e. The molecule has 1 unspecified atom stereocenters. The topological polar surface area (TPSA) is 63.8 Å². The Labute approximate surface area is 107 Å². The number of aromatic nitrogens is 4. The fourth-order valence-corrected chi connectivity index (χ4v) is 1.92. The molecule has 0 aliphatic heterocycles. The van der Waals surface area contributed by atoms with Crippen LogP contribution >= 0.6 is 0 Å². The SMILES string of the molecule is CC(C)n1ncnc1CC(C)(O)c1cccnc1. The fraction of sp³-hybridized carbons (Fsp3) is 0.462. The van der Waals surface area contributed by atoms with E-state index in [0.717, 1.165) is 11.4 Å². The maximum atomic E-state index is 10.5. The molecular weight excluding hydrogens is 228 g/mol. The number of nitrogens with zero attached hydrogens (tertiary/aromatic N) is 4. The number of aliphatic hydroxyl groups is 1. The van der Waals surface area contributed by atoms with Crippen molar-refractivity contribution < 1.29 is 5.11 Å². The largest absolute Gasteiger partial charge is 0.385 e. The zero-order chi connectivity index (χ0) is 13.2. The van der Waals surface area contributed by atoms with Gasteiger partial charge in [0.2, 0.25) is 0 Å². The maximum Gasteiger partial charge on any atom is 0.138 e. The maximum absolute atomic E-state index is 10.5. The van der Waals surface area contributed by atoms with Gasteiger partial charge in [0.15, 0.2) is 0 Å². The van der Waals surface area contributed by atoms with Gasteiger partial charge in [-0.2, -0.15) is 5.10 Å². The van der Waals surface area contributed by atoms with E-state index in [1.807, 2.05) is 30.7 Å². The van der Waals surface area contributed by atoms with Crippen LogP contribution < -0.4 is 0 Å². The summed E-state index contributed by atoms with van der Waals surface area (Å²) >= 11 is 0. The van der Waals surface area contributed by atoms with Crippen LogP contribution in [0.25, 0.3) is 0 Å². The summed E-state index contributed by atoms with van der Waals surface area (Å²) < 4.78 is 1.82. The molecule has 96 valence electrons. The van der Waals surface area contributed by atoms with Crippen molar-refractivity contribution in [2.45, 2.75) is 38.8 Å². The van der Waals surface area contributed by atoms with E-state index in [0.29, 0.717) is 6.42 Å². The molecule has 0 radical (unpaired) electrons. The van der Waals surface area contributed by atoms with Crippen LogP contribution in [-0.2, 0) is 12.0 Å². The summed E-state index contributed by atoms with van der Waals surface area (Å²) in [5.74, 6) is 0.777. The Kier molecular flexibility index (Phi) is 3.43. The molecule has 0 saturated carbocycles. The molecule has 0 spiro atoms. The monoisotopic (exact) mass is 246 g/mol. The van der Waals surface area contributed by atoms with Gasteiger partial charge >= 0.3 is 0 Å². The van der Waals surface area contributed by atoms with E-state index in [2.05, 4.69) is 15.1 Å². The predicted octanol–water partition coefficient (Wildman–Crippen LogP) is 1.70. The fourth-order valence-electron chi connectivity index (χ4n) is 1.92. The Bertz CT molecular complexity index is 505. The van der Waals surface area contributed by atoms with Gasteiger partial charge in [-0.05, 0) is 26.8 Å². The molecule has 2 heterocycles. The minimum atomic E-state index is -0.992. The molecule has 2 rings (SSSR count). The lowest BCUT2D eigenvalue weighted by atomic mass is 9.93. The van der Waals surface area contributed by atoms with E-state index in [9.17, 15) is 5.11 Å². The van der Waals surface area contributed by atoms with E-state index >= 15 is 0 Å². The molecule has 1 N–H and O–H groups in total. The Hall–Kier alpha value is -1.75. The highest BCUT2D eigenvalue weighted by Gasteiger charge is 2.26. The van der Waals surface area contributed by atoms with Crippen molar-refractivity contribution in [3.8, 4) is 0 Å². The molecule has 2 aromatic heterocycles. The van der Waals surface area contributed by atoms with Crippen LogP contribution in [0.2, 0.25) is 0 Å². The van der Waals surface area contributed by atoms with Gasteiger partial charge in [-0.3, -0.25) is 4.98 Å². The molecule has 18 heavy (non-hydrogen) atoms. The average molecular weight is 246 g/mol. The first-order valence-electron chi connectivity index (χ1n) is 6.02. The molecule has 0 fully saturated rings. The minimum absolute atomic E-state index is 0.229. The molecule has 5 nitrogen and oxygen atoms in total. The highest BCUT2D eigenvalue weighted by atomic mass is 16.3. The average Bonchev–Trinajstić information content (AvgIpc) is 2.78. The normalized spacial score (nSPS) is 14.7. The zero-order valence-corrected chi connectivity index (χ0v) is 10.9. The first kappa shape index (κ1) is 12.7. The van der Waals surface area contributed by atoms with Crippen LogP contribution in [0, 0.1) is 0 Å². The van der Waals surface area contributed by atoms with E-state index in [1.54, 1.807) is 19.3 Å². The molecule has 0 aromatic carbocycles. The minimum Gasteiger partial charge on any atom is -0.385 e. The van der Waals surface area contributed by atoms with E-state index in [4.69, 9.17) is 0 Å². The lowest BCUT2D eigenvalue weighted by molar-refractivity contribution is 0.0536. The van der Waals surface area contributed by atoms with Gasteiger partial charge in [-0.1, -0.05) is 6.07 Å². The van der Waals surface area contributed by atoms with Gasteiger partial charge in [0.25, 0.3) is 0 Å². The van der Waals surface area contributed by atoms with Crippen LogP contribution in [0.5, 0.6) is 0 Å². The molecular formula is C13H18N4O. The summed E-state index contributed by atoms with van der Waals surface area (Å²) in [6.07, 6.45) is 5.30. The molecule has 0 aliphatic carbocycles. The number of rotatable bonds is 4. The highest BCUT2D eigenvalue weighted by molar-refractivity contribution is 5.18. The van der Waals surface area contributed by atoms with Gasteiger partial charge in [0, 0.05) is 30.4 Å². The number of hydrogen-bond acceptors (Lipinski definition) is 4. The van der Waals surface area contributed by atoms with Gasteiger partial charge in [0.1, 0.15) is 12.2 Å². The Balaban J connectivity index is 2.25. The summed E-state index contributed by atoms with van der Waals surface area (Å²) in [6.45, 7) is 5.84. The third-order valence-electron chi connectivity index (χ3n) is 2.92. The van der Waals surface area contributed by atoms with E-state index < -0.39 is 5.60 Å². The molecule has 5 heteroatoms. The number of hydrogen-bond donors (Lipinski definition) is 1. The second-order valence-corrected chi connectivity index (χ2v) is 4.91.